The van der Waals surface area contributed by atoms with E-state index in [0.29, 0.717) is 6.61 Å². The van der Waals surface area contributed by atoms with Crippen LogP contribution in [0.15, 0.2) is 33.7 Å². The molecule has 7 heteroatoms. The molecule has 0 bridgehead atoms. The van der Waals surface area contributed by atoms with Crippen molar-refractivity contribution in [2.75, 3.05) is 46.4 Å². The number of benzene rings is 1. The minimum atomic E-state index is -0.219. The second kappa shape index (κ2) is 8.41. The van der Waals surface area contributed by atoms with Crippen molar-refractivity contribution in [3.05, 3.63) is 34.3 Å². The number of nitrogens with zero attached hydrogens (tertiary/aromatic N) is 3. The Morgan fingerprint density at radius 1 is 1.29 bits per heavy atom. The van der Waals surface area contributed by atoms with Crippen LogP contribution in [0.4, 0.5) is 0 Å². The molecule has 0 aromatic heterocycles. The van der Waals surface area contributed by atoms with Gasteiger partial charge in [-0.1, -0.05) is 28.1 Å². The van der Waals surface area contributed by atoms with Crippen molar-refractivity contribution in [1.29, 1.82) is 0 Å². The number of piperazine rings is 1. The molecule has 152 valence electrons. The number of carbonyl (C=O) groups excluding carboxylic acids is 1. The summed E-state index contributed by atoms with van der Waals surface area (Å²) in [5, 5.41) is 3.59. The fraction of sp³-hybridized carbons (Fsp3) is 0.619. The molecular weight excluding hydrogens is 420 g/mol. The molecule has 0 spiro atoms. The van der Waals surface area contributed by atoms with E-state index >= 15 is 0 Å². The summed E-state index contributed by atoms with van der Waals surface area (Å²) in [7, 11) is 1.84. The lowest BCUT2D eigenvalue weighted by molar-refractivity contribution is -0.142. The Morgan fingerprint density at radius 2 is 2.04 bits per heavy atom. The van der Waals surface area contributed by atoms with Crippen molar-refractivity contribution < 1.29 is 9.53 Å². The first-order valence-electron chi connectivity index (χ1n) is 10.2. The lowest BCUT2D eigenvalue weighted by atomic mass is 9.96. The van der Waals surface area contributed by atoms with Crippen molar-refractivity contribution in [1.82, 2.24) is 15.1 Å². The van der Waals surface area contributed by atoms with Crippen molar-refractivity contribution in [2.24, 2.45) is 4.99 Å². The molecule has 6 nitrogen and oxygen atoms in total. The van der Waals surface area contributed by atoms with Gasteiger partial charge in [0.15, 0.2) is 5.96 Å². The Balaban J connectivity index is 1.30. The predicted octanol–water partition coefficient (Wildman–Crippen LogP) is 2.38. The van der Waals surface area contributed by atoms with E-state index in [2.05, 4.69) is 55.4 Å². The Morgan fingerprint density at radius 3 is 2.64 bits per heavy atom. The number of rotatable bonds is 4. The molecule has 2 saturated heterocycles. The first-order valence-corrected chi connectivity index (χ1v) is 11.0. The number of amides is 1. The maximum absolute atomic E-state index is 12.5. The lowest BCUT2D eigenvalue weighted by Gasteiger charge is -2.37. The number of nitrogens with one attached hydrogen (secondary N) is 1. The zero-order valence-electron chi connectivity index (χ0n) is 16.5. The summed E-state index contributed by atoms with van der Waals surface area (Å²) in [6, 6.07) is 8.63. The summed E-state index contributed by atoms with van der Waals surface area (Å²) in [6.45, 7) is 4.69. The normalized spacial score (nSPS) is 24.4. The summed E-state index contributed by atoms with van der Waals surface area (Å²) in [5.74, 6) is 1.09. The number of hydrogen-bond donors (Lipinski definition) is 1. The van der Waals surface area contributed by atoms with E-state index in [4.69, 9.17) is 4.74 Å². The number of guanidine groups is 1. The first-order chi connectivity index (χ1) is 13.6. The molecule has 4 rings (SSSR count). The Hall–Kier alpha value is -1.60. The molecule has 2 aliphatic heterocycles. The smallest absolute Gasteiger partial charge is 0.251 e. The van der Waals surface area contributed by atoms with E-state index in [0.717, 1.165) is 56.0 Å². The van der Waals surface area contributed by atoms with Gasteiger partial charge < -0.3 is 19.9 Å². The van der Waals surface area contributed by atoms with Crippen molar-refractivity contribution in [3.63, 3.8) is 0 Å². The highest BCUT2D eigenvalue weighted by molar-refractivity contribution is 9.10. The Kier molecular flexibility index (Phi) is 5.92. The molecule has 3 fully saturated rings. The molecule has 1 aromatic rings. The number of aliphatic imine (C=N–C) groups is 1. The molecular formula is C21H29BrN4O2. The quantitative estimate of drug-likeness (QED) is 0.567. The van der Waals surface area contributed by atoms with Crippen LogP contribution in [0.3, 0.4) is 0 Å². The minimum Gasteiger partial charge on any atom is -0.368 e. The molecule has 2 heterocycles. The average molecular weight is 449 g/mol. The van der Waals surface area contributed by atoms with Gasteiger partial charge in [0.25, 0.3) is 5.91 Å². The van der Waals surface area contributed by atoms with Gasteiger partial charge in [0.2, 0.25) is 0 Å². The van der Waals surface area contributed by atoms with Gasteiger partial charge in [-0.05, 0) is 43.4 Å². The predicted molar refractivity (Wildman–Crippen MR) is 114 cm³/mol. The second-order valence-electron chi connectivity index (χ2n) is 8.01. The monoisotopic (exact) mass is 448 g/mol. The van der Waals surface area contributed by atoms with Crippen LogP contribution >= 0.6 is 15.9 Å². The van der Waals surface area contributed by atoms with E-state index in [1.54, 1.807) is 0 Å². The summed E-state index contributed by atoms with van der Waals surface area (Å²) < 4.78 is 6.68. The standard InChI is InChI=1S/C21H29BrN4O2/c1-23-20(24-15-21(7-8-21)16-4-2-5-17(22)14-16)26-11-9-25(10-12-26)19(27)18-6-3-13-28-18/h2,4-5,14,18H,3,6-13,15H2,1H3,(H,23,24). The SMILES string of the molecule is CN=C(NCC1(c2cccc(Br)c2)CC1)N1CCN(C(=O)C2CCCO2)CC1. The lowest BCUT2D eigenvalue weighted by Crippen LogP contribution is -2.55. The largest absolute Gasteiger partial charge is 0.368 e. The van der Waals surface area contributed by atoms with Crippen LogP contribution in [0.1, 0.15) is 31.2 Å². The van der Waals surface area contributed by atoms with Gasteiger partial charge in [0.05, 0.1) is 0 Å². The van der Waals surface area contributed by atoms with Crippen molar-refractivity contribution in [3.8, 4) is 0 Å². The summed E-state index contributed by atoms with van der Waals surface area (Å²) in [4.78, 5) is 21.2. The molecule has 28 heavy (non-hydrogen) atoms. The van der Waals surface area contributed by atoms with Crippen LogP contribution in [-0.4, -0.2) is 74.1 Å². The molecule has 3 aliphatic rings. The van der Waals surface area contributed by atoms with Crippen LogP contribution in [-0.2, 0) is 14.9 Å². The molecule has 1 N–H and O–H groups in total. The van der Waals surface area contributed by atoms with Gasteiger partial charge in [-0.25, -0.2) is 0 Å². The van der Waals surface area contributed by atoms with Crippen molar-refractivity contribution >= 4 is 27.8 Å². The molecule has 1 amide bonds. The van der Waals surface area contributed by atoms with Gasteiger partial charge >= 0.3 is 0 Å². The zero-order chi connectivity index (χ0) is 19.6. The van der Waals surface area contributed by atoms with Gasteiger partial charge in [-0.15, -0.1) is 0 Å². The molecule has 1 aromatic carbocycles. The highest BCUT2D eigenvalue weighted by Gasteiger charge is 2.44. The maximum Gasteiger partial charge on any atom is 0.251 e. The van der Waals surface area contributed by atoms with E-state index in [1.807, 2.05) is 11.9 Å². The second-order valence-corrected chi connectivity index (χ2v) is 8.92. The number of ether oxygens (including phenoxy) is 1. The van der Waals surface area contributed by atoms with Gasteiger partial charge in [0.1, 0.15) is 6.10 Å². The minimum absolute atomic E-state index is 0.159. The number of carbonyl (C=O) groups is 1. The summed E-state index contributed by atoms with van der Waals surface area (Å²) in [5.41, 5.74) is 1.61. The van der Waals surface area contributed by atoms with Crippen molar-refractivity contribution in [2.45, 2.75) is 37.2 Å². The van der Waals surface area contributed by atoms with E-state index < -0.39 is 0 Å². The Bertz CT molecular complexity index is 736. The molecule has 1 aliphatic carbocycles. The average Bonchev–Trinajstić information content (AvgIpc) is 3.31. The van der Waals surface area contributed by atoms with E-state index in [-0.39, 0.29) is 17.4 Å². The third kappa shape index (κ3) is 4.20. The van der Waals surface area contributed by atoms with E-state index in [9.17, 15) is 4.79 Å². The summed E-state index contributed by atoms with van der Waals surface area (Å²) in [6.07, 6.45) is 4.05. The zero-order valence-corrected chi connectivity index (χ0v) is 18.1. The van der Waals surface area contributed by atoms with Gasteiger partial charge in [-0.2, -0.15) is 0 Å². The van der Waals surface area contributed by atoms with Crippen LogP contribution in [0, 0.1) is 0 Å². The molecule has 1 atom stereocenters. The first kappa shape index (κ1) is 19.7. The summed E-state index contributed by atoms with van der Waals surface area (Å²) >= 11 is 3.59. The van der Waals surface area contributed by atoms with Gasteiger partial charge in [-0.3, -0.25) is 9.79 Å². The number of halogens is 1. The van der Waals surface area contributed by atoms with Gasteiger partial charge in [0, 0.05) is 56.3 Å². The van der Waals surface area contributed by atoms with Crippen LogP contribution < -0.4 is 5.32 Å². The van der Waals surface area contributed by atoms with Crippen LogP contribution in [0.25, 0.3) is 0 Å². The molecule has 0 radical (unpaired) electrons. The highest BCUT2D eigenvalue weighted by Crippen LogP contribution is 2.48. The third-order valence-corrected chi connectivity index (χ3v) is 6.68. The van der Waals surface area contributed by atoms with Crippen LogP contribution in [0.2, 0.25) is 0 Å². The molecule has 1 unspecified atom stereocenters. The third-order valence-electron chi connectivity index (χ3n) is 6.18. The highest BCUT2D eigenvalue weighted by atomic mass is 79.9. The number of hydrogen-bond acceptors (Lipinski definition) is 3. The maximum atomic E-state index is 12.5. The molecule has 1 saturated carbocycles. The fourth-order valence-electron chi connectivity index (χ4n) is 4.23. The topological polar surface area (TPSA) is 57.2 Å². The fourth-order valence-corrected chi connectivity index (χ4v) is 4.63. The van der Waals surface area contributed by atoms with Crippen LogP contribution in [0.5, 0.6) is 0 Å². The van der Waals surface area contributed by atoms with E-state index in [1.165, 1.54) is 18.4 Å². The Labute approximate surface area is 175 Å².